The Labute approximate surface area is 94.7 Å². The van der Waals surface area contributed by atoms with E-state index in [9.17, 15) is 4.79 Å². The van der Waals surface area contributed by atoms with Crippen molar-refractivity contribution in [1.29, 1.82) is 0 Å². The van der Waals surface area contributed by atoms with Gasteiger partial charge in [0.1, 0.15) is 12.6 Å². The summed E-state index contributed by atoms with van der Waals surface area (Å²) in [6, 6.07) is 8.54. The average Bonchev–Trinajstić information content (AvgIpc) is 2.30. The summed E-state index contributed by atoms with van der Waals surface area (Å²) in [5.41, 5.74) is 6.30. The summed E-state index contributed by atoms with van der Waals surface area (Å²) < 4.78 is 0. The molecule has 0 amide bonds. The van der Waals surface area contributed by atoms with Crippen LogP contribution in [0.5, 0.6) is 0 Å². The number of hydrogen-bond donors (Lipinski definition) is 2. The van der Waals surface area contributed by atoms with Crippen molar-refractivity contribution in [2.24, 2.45) is 5.73 Å². The zero-order valence-corrected chi connectivity index (χ0v) is 8.80. The lowest BCUT2D eigenvalue weighted by Crippen LogP contribution is -2.32. The van der Waals surface area contributed by atoms with Crippen molar-refractivity contribution in [2.75, 3.05) is 6.61 Å². The van der Waals surface area contributed by atoms with Gasteiger partial charge in [-0.3, -0.25) is 4.79 Å². The third kappa shape index (κ3) is 6.60. The molecule has 3 N–H and O–H groups in total. The Balaban J connectivity index is 0.000000487. The van der Waals surface area contributed by atoms with Gasteiger partial charge in [0.15, 0.2) is 0 Å². The van der Waals surface area contributed by atoms with Crippen molar-refractivity contribution in [1.82, 2.24) is 0 Å². The highest BCUT2D eigenvalue weighted by Crippen LogP contribution is 2.01. The summed E-state index contributed by atoms with van der Waals surface area (Å²) in [6.45, 7) is -0.403. The molecule has 1 unspecified atom stereocenters. The summed E-state index contributed by atoms with van der Waals surface area (Å²) in [6.07, 6.45) is 4.85. The van der Waals surface area contributed by atoms with Gasteiger partial charge in [-0.2, -0.15) is 0 Å². The molecule has 1 radical (unpaired) electrons. The van der Waals surface area contributed by atoms with E-state index in [0.717, 1.165) is 5.56 Å². The van der Waals surface area contributed by atoms with Crippen LogP contribution in [0.25, 0.3) is 0 Å². The molecule has 0 aliphatic rings. The number of nitrogens with two attached hydrogens (primary N) is 1. The second-order valence-electron chi connectivity index (χ2n) is 2.98. The maximum Gasteiger partial charge on any atom is 0.320 e. The fourth-order valence-corrected chi connectivity index (χ4v) is 0.955. The molecule has 0 aromatic heterocycles. The predicted molar refractivity (Wildman–Crippen MR) is 60.1 cm³/mol. The minimum Gasteiger partial charge on any atom is -0.480 e. The number of carboxylic acids is 1. The molecule has 0 bridgehead atoms. The van der Waals surface area contributed by atoms with Crippen LogP contribution in [-0.4, -0.2) is 23.7 Å². The molecule has 1 aromatic rings. The number of terminal acetylenes is 1. The molecule has 0 fully saturated rings. The van der Waals surface area contributed by atoms with Crippen LogP contribution < -0.4 is 5.73 Å². The van der Waals surface area contributed by atoms with E-state index in [0.29, 0.717) is 6.42 Å². The van der Waals surface area contributed by atoms with E-state index >= 15 is 0 Å². The van der Waals surface area contributed by atoms with Crippen molar-refractivity contribution in [2.45, 2.75) is 12.5 Å². The lowest BCUT2D eigenvalue weighted by atomic mass is 10.1. The van der Waals surface area contributed by atoms with Crippen molar-refractivity contribution in [3.8, 4) is 12.3 Å². The van der Waals surface area contributed by atoms with E-state index in [1.807, 2.05) is 36.3 Å². The third-order valence-electron chi connectivity index (χ3n) is 1.70. The molecule has 0 saturated heterocycles. The van der Waals surface area contributed by atoms with Crippen LogP contribution in [0.4, 0.5) is 0 Å². The van der Waals surface area contributed by atoms with E-state index in [4.69, 9.17) is 15.9 Å². The number of carboxylic acid groups (broad SMARTS) is 1. The molecule has 4 heteroatoms. The van der Waals surface area contributed by atoms with Crippen LogP contribution in [0.2, 0.25) is 0 Å². The van der Waals surface area contributed by atoms with Gasteiger partial charge in [0.2, 0.25) is 0 Å². The molecule has 0 saturated carbocycles. The van der Waals surface area contributed by atoms with Gasteiger partial charge >= 0.3 is 5.97 Å². The summed E-state index contributed by atoms with van der Waals surface area (Å²) in [5, 5.41) is 17.6. The van der Waals surface area contributed by atoms with Crippen LogP contribution in [0.1, 0.15) is 5.56 Å². The Morgan fingerprint density at radius 2 is 1.94 bits per heavy atom. The zero-order chi connectivity index (χ0) is 12.4. The second-order valence-corrected chi connectivity index (χ2v) is 2.98. The van der Waals surface area contributed by atoms with Gasteiger partial charge in [-0.25, -0.2) is 5.11 Å². The Morgan fingerprint density at radius 1 is 1.44 bits per heavy atom. The Bertz CT molecular complexity index is 343. The largest absolute Gasteiger partial charge is 0.480 e. The van der Waals surface area contributed by atoms with Gasteiger partial charge in [-0.05, 0) is 12.0 Å². The SMILES string of the molecule is C#CC[O].NC(Cc1ccccc1)C(=O)O. The first-order valence-electron chi connectivity index (χ1n) is 4.65. The summed E-state index contributed by atoms with van der Waals surface area (Å²) in [7, 11) is 0. The number of rotatable bonds is 3. The molecule has 1 aromatic carbocycles. The third-order valence-corrected chi connectivity index (χ3v) is 1.70. The normalized spacial score (nSPS) is 10.6. The molecule has 1 atom stereocenters. The Kier molecular flexibility index (Phi) is 7.51. The van der Waals surface area contributed by atoms with E-state index in [2.05, 4.69) is 6.42 Å². The fourth-order valence-electron chi connectivity index (χ4n) is 0.955. The molecule has 1 rings (SSSR count). The van der Waals surface area contributed by atoms with Gasteiger partial charge < -0.3 is 10.8 Å². The van der Waals surface area contributed by atoms with Crippen molar-refractivity contribution < 1.29 is 15.0 Å². The van der Waals surface area contributed by atoms with Crippen molar-refractivity contribution in [3.05, 3.63) is 35.9 Å². The van der Waals surface area contributed by atoms with Crippen molar-refractivity contribution >= 4 is 5.97 Å². The number of benzene rings is 1. The molecule has 16 heavy (non-hydrogen) atoms. The maximum absolute atomic E-state index is 10.4. The van der Waals surface area contributed by atoms with Crippen LogP contribution >= 0.6 is 0 Å². The minimum absolute atomic E-state index is 0.385. The lowest BCUT2D eigenvalue weighted by molar-refractivity contribution is -0.138. The molecule has 0 spiro atoms. The van der Waals surface area contributed by atoms with Gasteiger partial charge in [0.05, 0.1) is 0 Å². The quantitative estimate of drug-likeness (QED) is 0.735. The van der Waals surface area contributed by atoms with Crippen molar-refractivity contribution in [3.63, 3.8) is 0 Å². The molecule has 0 aliphatic heterocycles. The minimum atomic E-state index is -0.959. The first-order valence-corrected chi connectivity index (χ1v) is 4.65. The van der Waals surface area contributed by atoms with Crippen LogP contribution in [-0.2, 0) is 16.3 Å². The van der Waals surface area contributed by atoms with E-state index in [1.165, 1.54) is 0 Å². The highest BCUT2D eigenvalue weighted by Gasteiger charge is 2.10. The molecule has 0 aliphatic carbocycles. The average molecular weight is 220 g/mol. The Hall–Kier alpha value is -1.83. The molecule has 85 valence electrons. The van der Waals surface area contributed by atoms with Crippen LogP contribution in [0, 0.1) is 12.3 Å². The summed E-state index contributed by atoms with van der Waals surface area (Å²) in [5.74, 6) is 0.916. The van der Waals surface area contributed by atoms with Gasteiger partial charge in [-0.15, -0.1) is 6.42 Å². The first-order chi connectivity index (χ1) is 7.61. The summed E-state index contributed by atoms with van der Waals surface area (Å²) >= 11 is 0. The Morgan fingerprint density at radius 3 is 2.31 bits per heavy atom. The van der Waals surface area contributed by atoms with Gasteiger partial charge in [0, 0.05) is 0 Å². The standard InChI is InChI=1S/C9H11NO2.C3H3O/c10-8(9(11)12)6-7-4-2-1-3-5-7;1-2-3-4/h1-5,8H,6,10H2,(H,11,12);1H,3H2. The maximum atomic E-state index is 10.4. The molecule has 4 nitrogen and oxygen atoms in total. The molecule has 0 heterocycles. The smallest absolute Gasteiger partial charge is 0.320 e. The molecular weight excluding hydrogens is 206 g/mol. The topological polar surface area (TPSA) is 83.2 Å². The highest BCUT2D eigenvalue weighted by atomic mass is 16.4. The zero-order valence-electron chi connectivity index (χ0n) is 8.80. The number of carbonyl (C=O) groups is 1. The molecular formula is C12H14NO3. The predicted octanol–water partition coefficient (Wildman–Crippen LogP) is 0.691. The van der Waals surface area contributed by atoms with Gasteiger partial charge in [0.25, 0.3) is 0 Å². The van der Waals surface area contributed by atoms with E-state index in [1.54, 1.807) is 0 Å². The number of aliphatic carboxylic acids is 1. The van der Waals surface area contributed by atoms with Crippen LogP contribution in [0.15, 0.2) is 30.3 Å². The highest BCUT2D eigenvalue weighted by molar-refractivity contribution is 5.73. The fraction of sp³-hybridized carbons (Fsp3) is 0.250. The monoisotopic (exact) mass is 220 g/mol. The number of hydrogen-bond acceptors (Lipinski definition) is 2. The lowest BCUT2D eigenvalue weighted by Gasteiger charge is -2.04. The van der Waals surface area contributed by atoms with E-state index < -0.39 is 18.6 Å². The second kappa shape index (κ2) is 8.48. The summed E-state index contributed by atoms with van der Waals surface area (Å²) in [4.78, 5) is 10.4. The van der Waals surface area contributed by atoms with Gasteiger partial charge in [-0.1, -0.05) is 36.3 Å². The van der Waals surface area contributed by atoms with Crippen LogP contribution in [0.3, 0.4) is 0 Å². The first kappa shape index (κ1) is 14.2. The van der Waals surface area contributed by atoms with E-state index in [-0.39, 0.29) is 0 Å².